The van der Waals surface area contributed by atoms with Crippen molar-refractivity contribution in [2.75, 3.05) is 10.7 Å². The maximum atomic E-state index is 5.65. The summed E-state index contributed by atoms with van der Waals surface area (Å²) in [7, 11) is 0. The minimum atomic E-state index is 0.606. The van der Waals surface area contributed by atoms with E-state index >= 15 is 0 Å². The van der Waals surface area contributed by atoms with Crippen LogP contribution in [-0.2, 0) is 9.47 Å². The third kappa shape index (κ3) is 2.82. The van der Waals surface area contributed by atoms with Crippen LogP contribution in [0.3, 0.4) is 0 Å². The number of hydrogen-bond acceptors (Lipinski definition) is 2. The Bertz CT molecular complexity index is 259. The fourth-order valence-electron chi connectivity index (χ4n) is 3.81. The number of hydrogen-bond donors (Lipinski definition) is 0. The molecule has 18 heavy (non-hydrogen) atoms. The lowest BCUT2D eigenvalue weighted by Gasteiger charge is -2.14. The molecule has 4 fully saturated rings. The third-order valence-corrected chi connectivity index (χ3v) is 6.52. The van der Waals surface area contributed by atoms with Crippen molar-refractivity contribution in [1.82, 2.24) is 0 Å². The molecule has 4 saturated heterocycles. The zero-order chi connectivity index (χ0) is 12.5. The molecule has 104 valence electrons. The summed E-state index contributed by atoms with van der Waals surface area (Å²) in [6.07, 6.45) is 10.3. The van der Waals surface area contributed by atoms with Crippen molar-refractivity contribution in [3.63, 3.8) is 0 Å². The van der Waals surface area contributed by atoms with E-state index < -0.39 is 0 Å². The molecule has 4 heterocycles. The molecular formula is C14H22Br2O2. The van der Waals surface area contributed by atoms with E-state index in [0.717, 1.165) is 22.5 Å². The van der Waals surface area contributed by atoms with E-state index in [4.69, 9.17) is 9.47 Å². The summed E-state index contributed by atoms with van der Waals surface area (Å²) in [6, 6.07) is 0. The van der Waals surface area contributed by atoms with Crippen LogP contribution in [0, 0.1) is 11.8 Å². The molecule has 0 saturated carbocycles. The van der Waals surface area contributed by atoms with Crippen LogP contribution in [0.1, 0.15) is 38.5 Å². The smallest absolute Gasteiger partial charge is 0.0616 e. The Hall–Kier alpha value is 0.880. The summed E-state index contributed by atoms with van der Waals surface area (Å²) >= 11 is 7.00. The van der Waals surface area contributed by atoms with Crippen LogP contribution in [0.15, 0.2) is 0 Å². The van der Waals surface area contributed by atoms with E-state index in [-0.39, 0.29) is 0 Å². The van der Waals surface area contributed by atoms with Crippen LogP contribution < -0.4 is 0 Å². The minimum Gasteiger partial charge on any atom is -0.375 e. The van der Waals surface area contributed by atoms with Gasteiger partial charge in [-0.3, -0.25) is 0 Å². The van der Waals surface area contributed by atoms with Gasteiger partial charge in [0.1, 0.15) is 0 Å². The number of ether oxygens (including phenoxy) is 2. The Labute approximate surface area is 126 Å². The second-order valence-corrected chi connectivity index (χ2v) is 7.34. The quantitative estimate of drug-likeness (QED) is 0.675. The number of rotatable bonds is 2. The minimum absolute atomic E-state index is 0.606. The molecule has 2 nitrogen and oxygen atoms in total. The van der Waals surface area contributed by atoms with Gasteiger partial charge in [-0.05, 0) is 50.4 Å². The molecular weight excluding hydrogens is 360 g/mol. The Morgan fingerprint density at radius 3 is 1.33 bits per heavy atom. The molecule has 0 spiro atoms. The topological polar surface area (TPSA) is 18.5 Å². The van der Waals surface area contributed by atoms with Gasteiger partial charge in [-0.1, -0.05) is 31.9 Å². The largest absolute Gasteiger partial charge is 0.375 e. The van der Waals surface area contributed by atoms with Crippen LogP contribution in [0.4, 0.5) is 0 Å². The van der Waals surface area contributed by atoms with Crippen LogP contribution in [0.2, 0.25) is 0 Å². The molecule has 0 aromatic rings. The fourth-order valence-corrected chi connectivity index (χ4v) is 5.17. The summed E-state index contributed by atoms with van der Waals surface area (Å²) in [5, 5.41) is 2.27. The van der Waals surface area contributed by atoms with Gasteiger partial charge in [-0.2, -0.15) is 0 Å². The number of fused-ring (bicyclic) bond motifs is 4. The molecule has 0 aliphatic carbocycles. The lowest BCUT2D eigenvalue weighted by atomic mass is 9.91. The Kier molecular flexibility index (Phi) is 4.70. The monoisotopic (exact) mass is 380 g/mol. The van der Waals surface area contributed by atoms with E-state index in [1.54, 1.807) is 0 Å². The van der Waals surface area contributed by atoms with Gasteiger partial charge < -0.3 is 9.47 Å². The first-order valence-corrected chi connectivity index (χ1v) is 9.47. The molecule has 0 N–H and O–H groups in total. The van der Waals surface area contributed by atoms with Crippen LogP contribution in [-0.4, -0.2) is 35.1 Å². The van der Waals surface area contributed by atoms with E-state index in [0.29, 0.717) is 24.4 Å². The van der Waals surface area contributed by atoms with Gasteiger partial charge in [0.05, 0.1) is 24.4 Å². The van der Waals surface area contributed by atoms with Gasteiger partial charge in [0.25, 0.3) is 0 Å². The summed E-state index contributed by atoms with van der Waals surface area (Å²) in [5.74, 6) is 1.65. The number of alkyl halides is 2. The van der Waals surface area contributed by atoms with Crippen LogP contribution in [0.25, 0.3) is 0 Å². The zero-order valence-electron chi connectivity index (χ0n) is 10.7. The first-order valence-electron chi connectivity index (χ1n) is 7.23. The first kappa shape index (κ1) is 13.8. The average Bonchev–Trinajstić information content (AvgIpc) is 3.17. The highest BCUT2D eigenvalue weighted by atomic mass is 79.9. The van der Waals surface area contributed by atoms with E-state index in [9.17, 15) is 0 Å². The molecule has 4 aliphatic heterocycles. The van der Waals surface area contributed by atoms with Crippen molar-refractivity contribution in [2.45, 2.75) is 62.9 Å². The molecule has 4 rings (SSSR count). The first-order chi connectivity index (χ1) is 8.80. The Morgan fingerprint density at radius 2 is 1.17 bits per heavy atom. The van der Waals surface area contributed by atoms with E-state index in [1.807, 2.05) is 0 Å². The average molecular weight is 382 g/mol. The second-order valence-electron chi connectivity index (χ2n) is 6.05. The normalized spacial score (nSPS) is 48.3. The number of halogens is 2. The Morgan fingerprint density at radius 1 is 0.722 bits per heavy atom. The summed E-state index contributed by atoms with van der Waals surface area (Å²) in [6.45, 7) is 0. The molecule has 4 heteroatoms. The van der Waals surface area contributed by atoms with Crippen molar-refractivity contribution in [3.05, 3.63) is 0 Å². The van der Waals surface area contributed by atoms with Crippen molar-refractivity contribution in [3.8, 4) is 0 Å². The van der Waals surface area contributed by atoms with Crippen LogP contribution >= 0.6 is 31.9 Å². The van der Waals surface area contributed by atoms with Gasteiger partial charge in [0, 0.05) is 10.7 Å². The lowest BCUT2D eigenvalue weighted by molar-refractivity contribution is 0.0954. The Balaban J connectivity index is 0.000000111. The summed E-state index contributed by atoms with van der Waals surface area (Å²) < 4.78 is 11.3. The van der Waals surface area contributed by atoms with Crippen molar-refractivity contribution < 1.29 is 9.47 Å². The molecule has 0 radical (unpaired) electrons. The predicted octanol–water partition coefficient (Wildman–Crippen LogP) is 3.90. The zero-order valence-corrected chi connectivity index (χ0v) is 13.9. The lowest BCUT2D eigenvalue weighted by Crippen LogP contribution is -2.16. The summed E-state index contributed by atoms with van der Waals surface area (Å²) in [5.41, 5.74) is 0. The van der Waals surface area contributed by atoms with Gasteiger partial charge in [-0.15, -0.1) is 0 Å². The van der Waals surface area contributed by atoms with Gasteiger partial charge >= 0.3 is 0 Å². The summed E-state index contributed by atoms with van der Waals surface area (Å²) in [4.78, 5) is 0. The predicted molar refractivity (Wildman–Crippen MR) is 79.6 cm³/mol. The second kappa shape index (κ2) is 6.11. The molecule has 0 unspecified atom stereocenters. The molecule has 4 aliphatic rings. The van der Waals surface area contributed by atoms with E-state index in [2.05, 4.69) is 31.9 Å². The van der Waals surface area contributed by atoms with Gasteiger partial charge in [0.2, 0.25) is 0 Å². The SMILES string of the molecule is BrC[C@@H]1C[C@H]2CC[C@@H]1O2.BrC[C@H]1C[C@@H]2CC[C@H]1O2. The highest BCUT2D eigenvalue weighted by Gasteiger charge is 2.40. The molecule has 4 bridgehead atoms. The standard InChI is InChI=1S/2C7H11BrO/c2*8-4-5-3-6-1-2-7(5)9-6/h2*5-7H,1-4H2/t2*5-,6+,7-/m10/s1. The third-order valence-electron chi connectivity index (χ3n) is 4.86. The highest BCUT2D eigenvalue weighted by molar-refractivity contribution is 9.09. The van der Waals surface area contributed by atoms with Crippen molar-refractivity contribution in [2.24, 2.45) is 11.8 Å². The molecule has 0 amide bonds. The maximum Gasteiger partial charge on any atom is 0.0616 e. The highest BCUT2D eigenvalue weighted by Crippen LogP contribution is 2.40. The van der Waals surface area contributed by atoms with Gasteiger partial charge in [0.15, 0.2) is 0 Å². The molecule has 6 atom stereocenters. The van der Waals surface area contributed by atoms with Crippen molar-refractivity contribution in [1.29, 1.82) is 0 Å². The van der Waals surface area contributed by atoms with E-state index in [1.165, 1.54) is 38.5 Å². The van der Waals surface area contributed by atoms with Crippen molar-refractivity contribution >= 4 is 31.9 Å². The fraction of sp³-hybridized carbons (Fsp3) is 1.00. The van der Waals surface area contributed by atoms with Gasteiger partial charge in [-0.25, -0.2) is 0 Å². The van der Waals surface area contributed by atoms with Crippen LogP contribution in [0.5, 0.6) is 0 Å². The molecule has 0 aromatic heterocycles. The maximum absolute atomic E-state index is 5.65. The molecule has 0 aromatic carbocycles.